The molecule has 1 fully saturated rings. The Morgan fingerprint density at radius 3 is 2.19 bits per heavy atom. The molecule has 0 bridgehead atoms. The number of rotatable bonds is 5. The number of amides is 1. The van der Waals surface area contributed by atoms with Crippen molar-refractivity contribution in [3.05, 3.63) is 62.7 Å². The molecule has 8 nitrogen and oxygen atoms in total. The van der Waals surface area contributed by atoms with Crippen LogP contribution in [0, 0.1) is 43.7 Å². The highest BCUT2D eigenvalue weighted by molar-refractivity contribution is 7.89. The molecular weight excluding hydrogens is 418 g/mol. The molecule has 1 aliphatic rings. The van der Waals surface area contributed by atoms with Gasteiger partial charge in [-0.3, -0.25) is 14.9 Å². The number of anilines is 1. The molecule has 1 saturated heterocycles. The molecular formula is C22H27N3O5S. The number of nitro benzene ring substituents is 1. The first-order chi connectivity index (χ1) is 14.5. The molecule has 0 atom stereocenters. The fourth-order valence-corrected chi connectivity index (χ4v) is 6.04. The number of nitro groups is 1. The minimum atomic E-state index is -3.66. The zero-order valence-electron chi connectivity index (χ0n) is 18.1. The molecule has 0 unspecified atom stereocenters. The Hall–Kier alpha value is -2.78. The van der Waals surface area contributed by atoms with E-state index in [1.54, 1.807) is 6.07 Å². The van der Waals surface area contributed by atoms with E-state index in [-0.39, 0.29) is 30.6 Å². The van der Waals surface area contributed by atoms with Crippen molar-refractivity contribution in [3.8, 4) is 0 Å². The smallest absolute Gasteiger partial charge is 0.271 e. The summed E-state index contributed by atoms with van der Waals surface area (Å²) in [6.07, 6.45) is 0.783. The summed E-state index contributed by atoms with van der Waals surface area (Å²) in [4.78, 5) is 23.4. The average molecular weight is 446 g/mol. The Labute approximate surface area is 182 Å². The molecule has 0 radical (unpaired) electrons. The van der Waals surface area contributed by atoms with Crippen molar-refractivity contribution in [1.29, 1.82) is 0 Å². The topological polar surface area (TPSA) is 110 Å². The van der Waals surface area contributed by atoms with Crippen LogP contribution in [-0.4, -0.2) is 36.6 Å². The van der Waals surface area contributed by atoms with E-state index in [1.165, 1.54) is 22.5 Å². The van der Waals surface area contributed by atoms with Crippen LogP contribution in [0.4, 0.5) is 11.4 Å². The van der Waals surface area contributed by atoms with Crippen molar-refractivity contribution < 1.29 is 18.1 Å². The van der Waals surface area contributed by atoms with Gasteiger partial charge in [-0.2, -0.15) is 4.31 Å². The van der Waals surface area contributed by atoms with Gasteiger partial charge in [0, 0.05) is 36.8 Å². The lowest BCUT2D eigenvalue weighted by Gasteiger charge is -2.31. The fraction of sp³-hybridized carbons (Fsp3) is 0.409. The van der Waals surface area contributed by atoms with E-state index >= 15 is 0 Å². The van der Waals surface area contributed by atoms with Crippen LogP contribution in [-0.2, 0) is 14.8 Å². The van der Waals surface area contributed by atoms with E-state index in [9.17, 15) is 23.3 Å². The second kappa shape index (κ2) is 8.76. The minimum absolute atomic E-state index is 0.0992. The van der Waals surface area contributed by atoms with Crippen LogP contribution >= 0.6 is 0 Å². The van der Waals surface area contributed by atoms with E-state index in [0.29, 0.717) is 23.4 Å². The van der Waals surface area contributed by atoms with Crippen molar-refractivity contribution in [1.82, 2.24) is 4.31 Å². The van der Waals surface area contributed by atoms with Crippen molar-refractivity contribution in [3.63, 3.8) is 0 Å². The van der Waals surface area contributed by atoms with Crippen LogP contribution in [0.3, 0.4) is 0 Å². The first-order valence-electron chi connectivity index (χ1n) is 10.1. The molecule has 2 aromatic rings. The number of non-ortho nitro benzene ring substituents is 1. The summed E-state index contributed by atoms with van der Waals surface area (Å²) in [6, 6.07) is 7.76. The fourth-order valence-electron chi connectivity index (χ4n) is 4.00. The lowest BCUT2D eigenvalue weighted by molar-refractivity contribution is -0.384. The molecule has 166 valence electrons. The van der Waals surface area contributed by atoms with Crippen LogP contribution in [0.15, 0.2) is 35.2 Å². The normalized spacial score (nSPS) is 15.6. The van der Waals surface area contributed by atoms with Crippen LogP contribution in [0.2, 0.25) is 0 Å². The molecule has 31 heavy (non-hydrogen) atoms. The second-order valence-corrected chi connectivity index (χ2v) is 9.94. The summed E-state index contributed by atoms with van der Waals surface area (Å²) in [5.41, 5.74) is 3.65. The quantitative estimate of drug-likeness (QED) is 0.555. The van der Waals surface area contributed by atoms with Crippen LogP contribution in [0.5, 0.6) is 0 Å². The number of carbonyl (C=O) groups excluding carboxylic acids is 1. The molecule has 0 aromatic heterocycles. The van der Waals surface area contributed by atoms with Gasteiger partial charge < -0.3 is 5.32 Å². The van der Waals surface area contributed by atoms with Crippen molar-refractivity contribution >= 4 is 27.3 Å². The molecule has 9 heteroatoms. The number of aryl methyl sites for hydroxylation is 2. The zero-order valence-corrected chi connectivity index (χ0v) is 19.0. The van der Waals surface area contributed by atoms with Crippen LogP contribution in [0.25, 0.3) is 0 Å². The molecule has 1 N–H and O–H groups in total. The van der Waals surface area contributed by atoms with Crippen LogP contribution in [0.1, 0.15) is 35.1 Å². The number of nitrogens with zero attached hydrogens (tertiary/aromatic N) is 2. The van der Waals surface area contributed by atoms with Gasteiger partial charge in [-0.15, -0.1) is 0 Å². The van der Waals surface area contributed by atoms with Gasteiger partial charge in [-0.05, 0) is 68.9 Å². The summed E-state index contributed by atoms with van der Waals surface area (Å²) in [5.74, 6) is -0.608. The predicted molar refractivity (Wildman–Crippen MR) is 119 cm³/mol. The first kappa shape index (κ1) is 22.9. The van der Waals surface area contributed by atoms with E-state index in [0.717, 1.165) is 22.3 Å². The van der Waals surface area contributed by atoms with Gasteiger partial charge in [0.2, 0.25) is 15.9 Å². The third kappa shape index (κ3) is 4.62. The Balaban J connectivity index is 1.71. The zero-order chi connectivity index (χ0) is 22.9. The highest BCUT2D eigenvalue weighted by Gasteiger charge is 2.34. The molecule has 1 aliphatic heterocycles. The Morgan fingerprint density at radius 2 is 1.65 bits per heavy atom. The molecule has 1 amide bonds. The monoisotopic (exact) mass is 445 g/mol. The predicted octanol–water partition coefficient (Wildman–Crippen LogP) is 3.87. The largest absolute Gasteiger partial charge is 0.326 e. The van der Waals surface area contributed by atoms with Gasteiger partial charge in [0.05, 0.1) is 9.82 Å². The third-order valence-electron chi connectivity index (χ3n) is 6.04. The number of hydrogen-bond donors (Lipinski definition) is 1. The van der Waals surface area contributed by atoms with Gasteiger partial charge in [-0.25, -0.2) is 8.42 Å². The molecule has 0 aliphatic carbocycles. The number of sulfonamides is 1. The number of hydrogen-bond acceptors (Lipinski definition) is 5. The number of benzene rings is 2. The van der Waals surface area contributed by atoms with E-state index in [2.05, 4.69) is 5.32 Å². The van der Waals surface area contributed by atoms with Crippen molar-refractivity contribution in [2.24, 2.45) is 5.92 Å². The second-order valence-electron chi connectivity index (χ2n) is 8.06. The van der Waals surface area contributed by atoms with E-state index in [4.69, 9.17) is 0 Å². The number of nitrogens with one attached hydrogen (secondary N) is 1. The van der Waals surface area contributed by atoms with Gasteiger partial charge >= 0.3 is 0 Å². The van der Waals surface area contributed by atoms with Crippen molar-refractivity contribution in [2.45, 2.75) is 45.4 Å². The molecule has 0 saturated carbocycles. The summed E-state index contributed by atoms with van der Waals surface area (Å²) >= 11 is 0. The molecule has 1 heterocycles. The lowest BCUT2D eigenvalue weighted by atomic mass is 9.97. The Kier molecular flexibility index (Phi) is 6.47. The van der Waals surface area contributed by atoms with E-state index in [1.807, 2.05) is 33.8 Å². The van der Waals surface area contributed by atoms with Gasteiger partial charge in [0.15, 0.2) is 0 Å². The lowest BCUT2D eigenvalue weighted by Crippen LogP contribution is -2.41. The average Bonchev–Trinajstić information content (AvgIpc) is 2.72. The summed E-state index contributed by atoms with van der Waals surface area (Å²) < 4.78 is 28.2. The summed E-state index contributed by atoms with van der Waals surface area (Å²) in [7, 11) is -3.66. The van der Waals surface area contributed by atoms with Crippen molar-refractivity contribution in [2.75, 3.05) is 18.4 Å². The highest BCUT2D eigenvalue weighted by Crippen LogP contribution is 2.31. The maximum atomic E-state index is 13.4. The molecule has 3 rings (SSSR count). The Morgan fingerprint density at radius 1 is 1.06 bits per heavy atom. The molecule has 2 aromatic carbocycles. The SMILES string of the molecule is Cc1cc(C)c(C)c(S(=O)(=O)N2CCC(C(=O)Nc3cccc([N+](=O)[O-])c3)CC2)c1C. The summed E-state index contributed by atoms with van der Waals surface area (Å²) in [6.45, 7) is 7.97. The number of carbonyl (C=O) groups is 1. The number of piperidine rings is 1. The Bertz CT molecular complexity index is 1110. The van der Waals surface area contributed by atoms with Gasteiger partial charge in [0.1, 0.15) is 0 Å². The summed E-state index contributed by atoms with van der Waals surface area (Å²) in [5, 5.41) is 13.6. The van der Waals surface area contributed by atoms with Gasteiger partial charge in [-0.1, -0.05) is 12.1 Å². The van der Waals surface area contributed by atoms with E-state index < -0.39 is 14.9 Å². The molecule has 0 spiro atoms. The highest BCUT2D eigenvalue weighted by atomic mass is 32.2. The van der Waals surface area contributed by atoms with Gasteiger partial charge in [0.25, 0.3) is 5.69 Å². The maximum absolute atomic E-state index is 13.4. The first-order valence-corrected chi connectivity index (χ1v) is 11.6. The maximum Gasteiger partial charge on any atom is 0.271 e. The van der Waals surface area contributed by atoms with Crippen LogP contribution < -0.4 is 5.32 Å². The standard InChI is InChI=1S/C22H27N3O5S/c1-14-12-15(2)17(4)21(16(14)3)31(29,30)24-10-8-18(9-11-24)22(26)23-19-6-5-7-20(13-19)25(27)28/h5-7,12-13,18H,8-11H2,1-4H3,(H,23,26). The third-order valence-corrected chi connectivity index (χ3v) is 8.22. The minimum Gasteiger partial charge on any atom is -0.326 e.